The molecule has 0 saturated carbocycles. The van der Waals surface area contributed by atoms with Gasteiger partial charge in [0.1, 0.15) is 11.9 Å². The number of nitrogens with zero attached hydrogens (tertiary/aromatic N) is 4. The van der Waals surface area contributed by atoms with Crippen LogP contribution >= 0.6 is 0 Å². The number of benzene rings is 1. The predicted octanol–water partition coefficient (Wildman–Crippen LogP) is 1.61. The number of nitrogens with two attached hydrogens (primary N) is 1. The average molecular weight is 323 g/mol. The minimum absolute atomic E-state index is 0.0428. The number of rotatable bonds is 3. The first-order chi connectivity index (χ1) is 11.7. The molecule has 1 aromatic carbocycles. The Balaban J connectivity index is 1.56. The van der Waals surface area contributed by atoms with Crippen LogP contribution in [0.2, 0.25) is 0 Å². The number of anilines is 1. The van der Waals surface area contributed by atoms with Crippen LogP contribution in [-0.4, -0.2) is 40.0 Å². The fourth-order valence-corrected chi connectivity index (χ4v) is 2.64. The number of ether oxygens (including phenoxy) is 1. The van der Waals surface area contributed by atoms with E-state index in [0.717, 1.165) is 18.6 Å². The fraction of sp³-hybridized carbons (Fsp3) is 0.294. The zero-order valence-electron chi connectivity index (χ0n) is 13.1. The minimum atomic E-state index is -0.197. The maximum absolute atomic E-state index is 12.4. The Kier molecular flexibility index (Phi) is 4.57. The number of amides is 1. The van der Waals surface area contributed by atoms with Crippen molar-refractivity contribution in [1.29, 1.82) is 5.26 Å². The van der Waals surface area contributed by atoms with E-state index in [1.165, 1.54) is 12.4 Å². The molecule has 0 aliphatic carbocycles. The first-order valence-corrected chi connectivity index (χ1v) is 7.70. The van der Waals surface area contributed by atoms with Crippen molar-refractivity contribution >= 4 is 11.7 Å². The van der Waals surface area contributed by atoms with E-state index >= 15 is 0 Å². The van der Waals surface area contributed by atoms with E-state index in [4.69, 9.17) is 15.7 Å². The van der Waals surface area contributed by atoms with Crippen LogP contribution in [0, 0.1) is 11.3 Å². The van der Waals surface area contributed by atoms with Crippen LogP contribution < -0.4 is 10.5 Å². The van der Waals surface area contributed by atoms with Crippen molar-refractivity contribution in [2.75, 3.05) is 18.8 Å². The lowest BCUT2D eigenvalue weighted by Gasteiger charge is -2.32. The summed E-state index contributed by atoms with van der Waals surface area (Å²) >= 11 is 0. The molecule has 2 heterocycles. The number of likely N-dealkylation sites (tertiary alicyclic amines) is 1. The molecule has 0 bridgehead atoms. The van der Waals surface area contributed by atoms with Gasteiger partial charge in [-0.25, -0.2) is 9.97 Å². The molecule has 0 atom stereocenters. The molecule has 0 unspecified atom stereocenters. The Bertz CT molecular complexity index is 761. The van der Waals surface area contributed by atoms with Crippen LogP contribution in [0.4, 0.5) is 5.82 Å². The van der Waals surface area contributed by atoms with E-state index in [0.29, 0.717) is 18.7 Å². The van der Waals surface area contributed by atoms with E-state index in [2.05, 4.69) is 16.0 Å². The standard InChI is InChI=1S/C17H17N5O2/c18-11-12-1-3-13(4-2-12)24-14-5-9-22(10-6-14)17(23)15-16(19)21-8-7-20-15/h1-4,7-8,14H,5-6,9-10H2,(H2,19,21). The summed E-state index contributed by atoms with van der Waals surface area (Å²) in [6.45, 7) is 1.16. The third kappa shape index (κ3) is 3.43. The maximum atomic E-state index is 12.4. The van der Waals surface area contributed by atoms with Gasteiger partial charge in [-0.1, -0.05) is 0 Å². The Morgan fingerprint density at radius 2 is 1.88 bits per heavy atom. The molecule has 1 aliphatic heterocycles. The number of hydrogen-bond donors (Lipinski definition) is 1. The normalized spacial score (nSPS) is 14.9. The van der Waals surface area contributed by atoms with Gasteiger partial charge in [-0.05, 0) is 24.3 Å². The molecule has 2 N–H and O–H groups in total. The third-order valence-corrected chi connectivity index (χ3v) is 3.94. The van der Waals surface area contributed by atoms with Crippen LogP contribution in [0.3, 0.4) is 0 Å². The van der Waals surface area contributed by atoms with Crippen molar-refractivity contribution in [3.8, 4) is 11.8 Å². The molecule has 7 heteroatoms. The molecule has 1 aliphatic rings. The highest BCUT2D eigenvalue weighted by Gasteiger charge is 2.26. The molecule has 122 valence electrons. The van der Waals surface area contributed by atoms with Gasteiger partial charge < -0.3 is 15.4 Å². The Labute approximate surface area is 139 Å². The second-order valence-electron chi connectivity index (χ2n) is 5.54. The molecule has 1 amide bonds. The highest BCUT2D eigenvalue weighted by molar-refractivity contribution is 5.96. The summed E-state index contributed by atoms with van der Waals surface area (Å²) in [4.78, 5) is 22.1. The first kappa shape index (κ1) is 15.7. The topological polar surface area (TPSA) is 105 Å². The second-order valence-corrected chi connectivity index (χ2v) is 5.54. The maximum Gasteiger partial charge on any atom is 0.276 e. The molecule has 2 aromatic rings. The van der Waals surface area contributed by atoms with Crippen molar-refractivity contribution in [1.82, 2.24) is 14.9 Å². The predicted molar refractivity (Wildman–Crippen MR) is 87.2 cm³/mol. The van der Waals surface area contributed by atoms with Crippen LogP contribution in [0.25, 0.3) is 0 Å². The summed E-state index contributed by atoms with van der Waals surface area (Å²) < 4.78 is 5.91. The van der Waals surface area contributed by atoms with Crippen molar-refractivity contribution in [2.45, 2.75) is 18.9 Å². The van der Waals surface area contributed by atoms with Gasteiger partial charge in [-0.2, -0.15) is 5.26 Å². The van der Waals surface area contributed by atoms with E-state index in [9.17, 15) is 4.79 Å². The van der Waals surface area contributed by atoms with E-state index in [1.54, 1.807) is 29.2 Å². The van der Waals surface area contributed by atoms with Gasteiger partial charge in [0, 0.05) is 38.3 Å². The summed E-state index contributed by atoms with van der Waals surface area (Å²) in [6, 6.07) is 9.11. The lowest BCUT2D eigenvalue weighted by molar-refractivity contribution is 0.0591. The molecule has 1 aromatic heterocycles. The summed E-state index contributed by atoms with van der Waals surface area (Å²) in [6.07, 6.45) is 4.42. The van der Waals surface area contributed by atoms with E-state index in [-0.39, 0.29) is 23.5 Å². The van der Waals surface area contributed by atoms with Crippen LogP contribution in [-0.2, 0) is 0 Å². The van der Waals surface area contributed by atoms with Crippen molar-refractivity contribution < 1.29 is 9.53 Å². The number of hydrogen-bond acceptors (Lipinski definition) is 6. The molecule has 7 nitrogen and oxygen atoms in total. The number of nitriles is 1. The van der Waals surface area contributed by atoms with Gasteiger partial charge in [-0.3, -0.25) is 4.79 Å². The second kappa shape index (κ2) is 6.96. The Hall–Kier alpha value is -3.14. The lowest BCUT2D eigenvalue weighted by atomic mass is 10.1. The largest absolute Gasteiger partial charge is 0.490 e. The molecule has 1 fully saturated rings. The first-order valence-electron chi connectivity index (χ1n) is 7.70. The summed E-state index contributed by atoms with van der Waals surface area (Å²) in [5.41, 5.74) is 6.51. The average Bonchev–Trinajstić information content (AvgIpc) is 2.63. The molecule has 0 radical (unpaired) electrons. The molecular formula is C17H17N5O2. The van der Waals surface area contributed by atoms with Crippen molar-refractivity contribution in [2.24, 2.45) is 0 Å². The zero-order valence-corrected chi connectivity index (χ0v) is 13.1. The van der Waals surface area contributed by atoms with Crippen molar-refractivity contribution in [3.05, 3.63) is 47.9 Å². The Morgan fingerprint density at radius 3 is 2.50 bits per heavy atom. The molecule has 1 saturated heterocycles. The Morgan fingerprint density at radius 1 is 1.21 bits per heavy atom. The fourth-order valence-electron chi connectivity index (χ4n) is 2.64. The van der Waals surface area contributed by atoms with E-state index < -0.39 is 0 Å². The van der Waals surface area contributed by atoms with Gasteiger partial charge >= 0.3 is 0 Å². The summed E-state index contributed by atoms with van der Waals surface area (Å²) in [5, 5.41) is 8.80. The minimum Gasteiger partial charge on any atom is -0.490 e. The number of carbonyl (C=O) groups is 1. The number of carbonyl (C=O) groups excluding carboxylic acids is 1. The van der Waals surface area contributed by atoms with E-state index in [1.807, 2.05) is 0 Å². The lowest BCUT2D eigenvalue weighted by Crippen LogP contribution is -2.42. The van der Waals surface area contributed by atoms with Crippen LogP contribution in [0.5, 0.6) is 5.75 Å². The van der Waals surface area contributed by atoms with Crippen LogP contribution in [0.1, 0.15) is 28.9 Å². The summed E-state index contributed by atoms with van der Waals surface area (Å²) in [5.74, 6) is 0.688. The van der Waals surface area contributed by atoms with Gasteiger partial charge in [0.05, 0.1) is 11.6 Å². The van der Waals surface area contributed by atoms with Crippen LogP contribution in [0.15, 0.2) is 36.7 Å². The smallest absolute Gasteiger partial charge is 0.276 e. The van der Waals surface area contributed by atoms with Gasteiger partial charge in [0.15, 0.2) is 11.5 Å². The number of piperidine rings is 1. The quantitative estimate of drug-likeness (QED) is 0.920. The number of aromatic nitrogens is 2. The molecule has 0 spiro atoms. The molecule has 24 heavy (non-hydrogen) atoms. The molecular weight excluding hydrogens is 306 g/mol. The highest BCUT2D eigenvalue weighted by Crippen LogP contribution is 2.21. The van der Waals surface area contributed by atoms with Crippen molar-refractivity contribution in [3.63, 3.8) is 0 Å². The van der Waals surface area contributed by atoms with Gasteiger partial charge in [-0.15, -0.1) is 0 Å². The monoisotopic (exact) mass is 323 g/mol. The highest BCUT2D eigenvalue weighted by atomic mass is 16.5. The SMILES string of the molecule is N#Cc1ccc(OC2CCN(C(=O)c3nccnc3N)CC2)cc1. The zero-order chi connectivity index (χ0) is 16.9. The summed E-state index contributed by atoms with van der Waals surface area (Å²) in [7, 11) is 0. The molecule has 3 rings (SSSR count). The third-order valence-electron chi connectivity index (χ3n) is 3.94. The van der Waals surface area contributed by atoms with Gasteiger partial charge in [0.2, 0.25) is 0 Å². The van der Waals surface area contributed by atoms with Gasteiger partial charge in [0.25, 0.3) is 5.91 Å². The number of nitrogen functional groups attached to an aromatic ring is 1.